The van der Waals surface area contributed by atoms with Gasteiger partial charge in [0.15, 0.2) is 0 Å². The van der Waals surface area contributed by atoms with Gasteiger partial charge in [0, 0.05) is 12.6 Å². The third-order valence-electron chi connectivity index (χ3n) is 4.49. The van der Waals surface area contributed by atoms with Gasteiger partial charge in [-0.15, -0.1) is 0 Å². The van der Waals surface area contributed by atoms with Crippen molar-refractivity contribution in [2.75, 3.05) is 26.7 Å². The van der Waals surface area contributed by atoms with Crippen LogP contribution < -0.4 is 11.1 Å². The van der Waals surface area contributed by atoms with E-state index >= 15 is 0 Å². The van der Waals surface area contributed by atoms with Gasteiger partial charge in [-0.05, 0) is 45.8 Å². The van der Waals surface area contributed by atoms with E-state index in [-0.39, 0.29) is 11.3 Å². The highest BCUT2D eigenvalue weighted by Gasteiger charge is 2.40. The Bertz CT molecular complexity index is 266. The maximum atomic E-state index is 12.3. The van der Waals surface area contributed by atoms with E-state index in [0.29, 0.717) is 12.6 Å². The molecule has 0 aromatic heterocycles. The van der Waals surface area contributed by atoms with Crippen LogP contribution in [0.3, 0.4) is 0 Å². The fourth-order valence-corrected chi connectivity index (χ4v) is 3.07. The van der Waals surface area contributed by atoms with E-state index in [1.54, 1.807) is 0 Å². The largest absolute Gasteiger partial charge is 0.353 e. The summed E-state index contributed by atoms with van der Waals surface area (Å²) in [6.07, 6.45) is 6.39. The lowest BCUT2D eigenvalue weighted by Crippen LogP contribution is -2.50. The summed E-state index contributed by atoms with van der Waals surface area (Å²) >= 11 is 0. The first-order valence-electron chi connectivity index (χ1n) is 6.86. The van der Waals surface area contributed by atoms with Gasteiger partial charge in [0.25, 0.3) is 0 Å². The Kier molecular flexibility index (Phi) is 4.05. The fourth-order valence-electron chi connectivity index (χ4n) is 3.07. The van der Waals surface area contributed by atoms with Gasteiger partial charge in [0.1, 0.15) is 0 Å². The van der Waals surface area contributed by atoms with Crippen molar-refractivity contribution in [1.29, 1.82) is 0 Å². The number of carbonyl (C=O) groups excluding carboxylic acids is 1. The lowest BCUT2D eigenvalue weighted by Gasteiger charge is -2.33. The van der Waals surface area contributed by atoms with Gasteiger partial charge in [-0.25, -0.2) is 0 Å². The molecule has 2 aliphatic rings. The lowest BCUT2D eigenvalue weighted by atomic mass is 9.84. The number of piperidine rings is 1. The van der Waals surface area contributed by atoms with Crippen molar-refractivity contribution >= 4 is 5.91 Å². The zero-order valence-electron chi connectivity index (χ0n) is 10.9. The molecule has 0 bridgehead atoms. The summed E-state index contributed by atoms with van der Waals surface area (Å²) in [6.45, 7) is 2.67. The molecule has 4 heteroatoms. The fraction of sp³-hybridized carbons (Fsp3) is 0.923. The zero-order chi connectivity index (χ0) is 12.3. The number of hydrogen-bond donors (Lipinski definition) is 2. The van der Waals surface area contributed by atoms with Crippen molar-refractivity contribution in [2.24, 2.45) is 11.1 Å². The molecule has 3 N–H and O–H groups in total. The number of nitrogens with zero attached hydrogens (tertiary/aromatic N) is 1. The first kappa shape index (κ1) is 12.8. The third-order valence-corrected chi connectivity index (χ3v) is 4.49. The standard InChI is InChI=1S/C13H25N3O/c1-16-8-4-11(5-9-16)15-12(17)13(10-14)6-2-3-7-13/h11H,2-10,14H2,1H3,(H,15,17). The molecule has 0 radical (unpaired) electrons. The highest BCUT2D eigenvalue weighted by molar-refractivity contribution is 5.83. The summed E-state index contributed by atoms with van der Waals surface area (Å²) in [7, 11) is 2.14. The van der Waals surface area contributed by atoms with E-state index in [4.69, 9.17) is 5.73 Å². The molecule has 0 unspecified atom stereocenters. The summed E-state index contributed by atoms with van der Waals surface area (Å²) in [6, 6.07) is 0.364. The number of nitrogens with two attached hydrogens (primary N) is 1. The van der Waals surface area contributed by atoms with E-state index in [2.05, 4.69) is 17.3 Å². The van der Waals surface area contributed by atoms with Crippen LogP contribution in [-0.2, 0) is 4.79 Å². The molecule has 2 fully saturated rings. The Balaban J connectivity index is 1.87. The van der Waals surface area contributed by atoms with Crippen LogP contribution in [0.15, 0.2) is 0 Å². The van der Waals surface area contributed by atoms with Gasteiger partial charge in [-0.1, -0.05) is 12.8 Å². The molecule has 1 saturated heterocycles. The lowest BCUT2D eigenvalue weighted by molar-refractivity contribution is -0.131. The van der Waals surface area contributed by atoms with E-state index in [1.807, 2.05) is 0 Å². The van der Waals surface area contributed by atoms with E-state index in [0.717, 1.165) is 51.6 Å². The van der Waals surface area contributed by atoms with E-state index in [1.165, 1.54) is 0 Å². The number of carbonyl (C=O) groups is 1. The predicted octanol–water partition coefficient (Wildman–Crippen LogP) is 0.716. The van der Waals surface area contributed by atoms with Crippen LogP contribution >= 0.6 is 0 Å². The Hall–Kier alpha value is -0.610. The second kappa shape index (κ2) is 5.36. The molecule has 4 nitrogen and oxygen atoms in total. The van der Waals surface area contributed by atoms with Gasteiger partial charge in [-0.3, -0.25) is 4.79 Å². The van der Waals surface area contributed by atoms with Crippen LogP contribution in [0.4, 0.5) is 0 Å². The molecule has 1 aliphatic carbocycles. The Labute approximate surface area is 104 Å². The second-order valence-electron chi connectivity index (χ2n) is 5.74. The molecular weight excluding hydrogens is 214 g/mol. The summed E-state index contributed by atoms with van der Waals surface area (Å²) in [4.78, 5) is 14.7. The first-order valence-corrected chi connectivity index (χ1v) is 6.86. The van der Waals surface area contributed by atoms with Gasteiger partial charge < -0.3 is 16.0 Å². The van der Waals surface area contributed by atoms with Gasteiger partial charge in [-0.2, -0.15) is 0 Å². The number of rotatable bonds is 3. The molecule has 0 aromatic rings. The number of amides is 1. The van der Waals surface area contributed by atoms with Gasteiger partial charge in [0.05, 0.1) is 5.41 Å². The average Bonchev–Trinajstić information content (AvgIpc) is 2.82. The molecule has 1 heterocycles. The zero-order valence-corrected chi connectivity index (χ0v) is 10.9. The van der Waals surface area contributed by atoms with Crippen LogP contribution in [0.1, 0.15) is 38.5 Å². The van der Waals surface area contributed by atoms with Crippen LogP contribution in [0.5, 0.6) is 0 Å². The summed E-state index contributed by atoms with van der Waals surface area (Å²) in [5, 5.41) is 3.23. The molecule has 0 atom stereocenters. The summed E-state index contributed by atoms with van der Waals surface area (Å²) in [5.41, 5.74) is 5.58. The van der Waals surface area contributed by atoms with Crippen molar-refractivity contribution in [3.05, 3.63) is 0 Å². The molecule has 0 spiro atoms. The Morgan fingerprint density at radius 3 is 2.47 bits per heavy atom. The first-order chi connectivity index (χ1) is 8.16. The van der Waals surface area contributed by atoms with Crippen molar-refractivity contribution in [3.8, 4) is 0 Å². The quantitative estimate of drug-likeness (QED) is 0.763. The number of likely N-dealkylation sites (tertiary alicyclic amines) is 1. The summed E-state index contributed by atoms with van der Waals surface area (Å²) in [5.74, 6) is 0.215. The SMILES string of the molecule is CN1CCC(NC(=O)C2(CN)CCCC2)CC1. The Morgan fingerprint density at radius 2 is 1.94 bits per heavy atom. The van der Waals surface area contributed by atoms with Crippen molar-refractivity contribution < 1.29 is 4.79 Å². The summed E-state index contributed by atoms with van der Waals surface area (Å²) < 4.78 is 0. The van der Waals surface area contributed by atoms with Crippen molar-refractivity contribution in [2.45, 2.75) is 44.6 Å². The van der Waals surface area contributed by atoms with Crippen LogP contribution in [-0.4, -0.2) is 43.5 Å². The monoisotopic (exact) mass is 239 g/mol. The number of nitrogens with one attached hydrogen (secondary N) is 1. The van der Waals surface area contributed by atoms with E-state index in [9.17, 15) is 4.79 Å². The molecule has 1 aliphatic heterocycles. The topological polar surface area (TPSA) is 58.4 Å². The van der Waals surface area contributed by atoms with E-state index < -0.39 is 0 Å². The molecule has 17 heavy (non-hydrogen) atoms. The Morgan fingerprint density at radius 1 is 1.35 bits per heavy atom. The molecule has 1 amide bonds. The minimum atomic E-state index is -0.247. The molecule has 98 valence electrons. The maximum absolute atomic E-state index is 12.3. The van der Waals surface area contributed by atoms with Crippen molar-refractivity contribution in [3.63, 3.8) is 0 Å². The van der Waals surface area contributed by atoms with Crippen molar-refractivity contribution in [1.82, 2.24) is 10.2 Å². The predicted molar refractivity (Wildman–Crippen MR) is 68.6 cm³/mol. The van der Waals surface area contributed by atoms with Crippen LogP contribution in [0, 0.1) is 5.41 Å². The average molecular weight is 239 g/mol. The molecule has 2 rings (SSSR count). The highest BCUT2D eigenvalue weighted by Crippen LogP contribution is 2.37. The minimum Gasteiger partial charge on any atom is -0.353 e. The number of hydrogen-bond acceptors (Lipinski definition) is 3. The third kappa shape index (κ3) is 2.80. The molecule has 0 aromatic carbocycles. The minimum absolute atomic E-state index is 0.215. The molecular formula is C13H25N3O. The highest BCUT2D eigenvalue weighted by atomic mass is 16.2. The maximum Gasteiger partial charge on any atom is 0.227 e. The van der Waals surface area contributed by atoms with Crippen LogP contribution in [0.25, 0.3) is 0 Å². The van der Waals surface area contributed by atoms with Gasteiger partial charge in [0.2, 0.25) is 5.91 Å². The second-order valence-corrected chi connectivity index (χ2v) is 5.74. The van der Waals surface area contributed by atoms with Gasteiger partial charge >= 0.3 is 0 Å². The molecule has 1 saturated carbocycles. The normalized spacial score (nSPS) is 26.0. The van der Waals surface area contributed by atoms with Crippen LogP contribution in [0.2, 0.25) is 0 Å². The smallest absolute Gasteiger partial charge is 0.227 e.